The predicted molar refractivity (Wildman–Crippen MR) is 97.5 cm³/mol. The molecule has 1 aliphatic rings. The van der Waals surface area contributed by atoms with E-state index >= 15 is 0 Å². The van der Waals surface area contributed by atoms with E-state index in [1.54, 1.807) is 29.3 Å². The van der Waals surface area contributed by atoms with Crippen molar-refractivity contribution in [1.82, 2.24) is 20.0 Å². The molecule has 0 unspecified atom stereocenters. The first-order valence-corrected chi connectivity index (χ1v) is 9.25. The van der Waals surface area contributed by atoms with Crippen molar-refractivity contribution < 1.29 is 9.59 Å². The van der Waals surface area contributed by atoms with Crippen LogP contribution in [0.1, 0.15) is 18.4 Å². The summed E-state index contributed by atoms with van der Waals surface area (Å²) in [5.74, 6) is 0.852. The van der Waals surface area contributed by atoms with Gasteiger partial charge in [0.1, 0.15) is 11.4 Å². The largest absolute Gasteiger partial charge is 0.357 e. The molecule has 0 aliphatic carbocycles. The molecular formula is C17H23N5O2S. The van der Waals surface area contributed by atoms with Gasteiger partial charge in [-0.3, -0.25) is 14.3 Å². The van der Waals surface area contributed by atoms with Crippen LogP contribution in [0.3, 0.4) is 0 Å². The lowest BCUT2D eigenvalue weighted by Gasteiger charge is -2.41. The average molecular weight is 361 g/mol. The van der Waals surface area contributed by atoms with Gasteiger partial charge in [-0.2, -0.15) is 16.4 Å². The Bertz CT molecular complexity index is 732. The van der Waals surface area contributed by atoms with Gasteiger partial charge in [0.05, 0.1) is 12.6 Å². The van der Waals surface area contributed by atoms with Crippen molar-refractivity contribution in [3.05, 3.63) is 34.7 Å². The smallest absolute Gasteiger partial charge is 0.245 e. The number of likely N-dealkylation sites (N-methyl/N-ethyl adjacent to an activating group) is 1. The van der Waals surface area contributed by atoms with Crippen molar-refractivity contribution in [3.63, 3.8) is 0 Å². The van der Waals surface area contributed by atoms with E-state index in [1.165, 1.54) is 0 Å². The van der Waals surface area contributed by atoms with E-state index in [-0.39, 0.29) is 11.8 Å². The molecule has 0 spiro atoms. The number of hydrogen-bond acceptors (Lipinski definition) is 5. The highest BCUT2D eigenvalue weighted by molar-refractivity contribution is 7.08. The standard InChI is InChI=1S/C17H23N5O2S/c1-18-16(24)17(20-14-3-7-19-21(14)2)5-8-22(9-6-17)15(23)11-13-4-10-25-12-13/h3-4,7,10,12,20H,5-6,8-9,11H2,1-2H3,(H,18,24). The highest BCUT2D eigenvalue weighted by Crippen LogP contribution is 2.28. The molecule has 0 aromatic carbocycles. The van der Waals surface area contributed by atoms with E-state index in [1.807, 2.05) is 34.8 Å². The van der Waals surface area contributed by atoms with E-state index in [0.29, 0.717) is 32.4 Å². The molecule has 2 N–H and O–H groups in total. The fourth-order valence-electron chi connectivity index (χ4n) is 3.21. The Labute approximate surface area is 151 Å². The van der Waals surface area contributed by atoms with Crippen LogP contribution in [0.25, 0.3) is 0 Å². The number of likely N-dealkylation sites (tertiary alicyclic amines) is 1. The highest BCUT2D eigenvalue weighted by Gasteiger charge is 2.42. The van der Waals surface area contributed by atoms with Crippen LogP contribution in [-0.4, -0.2) is 52.2 Å². The summed E-state index contributed by atoms with van der Waals surface area (Å²) in [6.07, 6.45) is 3.24. The molecule has 0 atom stereocenters. The summed E-state index contributed by atoms with van der Waals surface area (Å²) in [7, 11) is 3.47. The van der Waals surface area contributed by atoms with Gasteiger partial charge in [0.2, 0.25) is 11.8 Å². The Morgan fingerprint density at radius 3 is 2.64 bits per heavy atom. The van der Waals surface area contributed by atoms with Crippen LogP contribution in [0.15, 0.2) is 29.1 Å². The number of nitrogens with one attached hydrogen (secondary N) is 2. The van der Waals surface area contributed by atoms with Gasteiger partial charge in [0.15, 0.2) is 0 Å². The van der Waals surface area contributed by atoms with Crippen molar-refractivity contribution in [3.8, 4) is 0 Å². The van der Waals surface area contributed by atoms with Crippen LogP contribution in [-0.2, 0) is 23.1 Å². The number of thiophene rings is 1. The van der Waals surface area contributed by atoms with Crippen molar-refractivity contribution >= 4 is 29.0 Å². The van der Waals surface area contributed by atoms with Gasteiger partial charge in [0.25, 0.3) is 0 Å². The fraction of sp³-hybridized carbons (Fsp3) is 0.471. The first kappa shape index (κ1) is 17.5. The summed E-state index contributed by atoms with van der Waals surface area (Å²) in [6, 6.07) is 3.82. The maximum absolute atomic E-state index is 12.6. The number of amides is 2. The minimum Gasteiger partial charge on any atom is -0.357 e. The lowest BCUT2D eigenvalue weighted by atomic mass is 9.86. The summed E-state index contributed by atoms with van der Waals surface area (Å²) in [4.78, 5) is 26.9. The minimum atomic E-state index is -0.721. The third kappa shape index (κ3) is 3.68. The molecule has 134 valence electrons. The summed E-state index contributed by atoms with van der Waals surface area (Å²) in [6.45, 7) is 1.11. The first-order chi connectivity index (χ1) is 12.0. The third-order valence-corrected chi connectivity index (χ3v) is 5.49. The molecular weight excluding hydrogens is 338 g/mol. The first-order valence-electron chi connectivity index (χ1n) is 8.31. The number of carbonyl (C=O) groups is 2. The average Bonchev–Trinajstić information content (AvgIpc) is 3.27. The molecule has 1 fully saturated rings. The molecule has 3 heterocycles. The molecule has 7 nitrogen and oxygen atoms in total. The van der Waals surface area contributed by atoms with Crippen LogP contribution in [0.2, 0.25) is 0 Å². The van der Waals surface area contributed by atoms with Crippen LogP contribution in [0, 0.1) is 0 Å². The minimum absolute atomic E-state index is 0.0568. The second kappa shape index (κ2) is 7.26. The topological polar surface area (TPSA) is 79.3 Å². The summed E-state index contributed by atoms with van der Waals surface area (Å²) in [5, 5.41) is 14.2. The summed E-state index contributed by atoms with van der Waals surface area (Å²) in [5.41, 5.74) is 0.327. The lowest BCUT2D eigenvalue weighted by Crippen LogP contribution is -2.58. The number of piperidine rings is 1. The predicted octanol–water partition coefficient (Wildman–Crippen LogP) is 1.24. The zero-order valence-corrected chi connectivity index (χ0v) is 15.3. The van der Waals surface area contributed by atoms with E-state index < -0.39 is 5.54 Å². The number of aromatic nitrogens is 2. The van der Waals surface area contributed by atoms with E-state index in [2.05, 4.69) is 15.7 Å². The molecule has 0 saturated carbocycles. The van der Waals surface area contributed by atoms with Gasteiger partial charge in [-0.15, -0.1) is 0 Å². The molecule has 0 bridgehead atoms. The van der Waals surface area contributed by atoms with Gasteiger partial charge in [-0.1, -0.05) is 0 Å². The normalized spacial score (nSPS) is 16.5. The molecule has 25 heavy (non-hydrogen) atoms. The number of aryl methyl sites for hydroxylation is 1. The zero-order valence-electron chi connectivity index (χ0n) is 14.5. The Morgan fingerprint density at radius 2 is 2.08 bits per heavy atom. The van der Waals surface area contributed by atoms with Crippen LogP contribution >= 0.6 is 11.3 Å². The molecule has 1 aliphatic heterocycles. The summed E-state index contributed by atoms with van der Waals surface area (Å²) >= 11 is 1.60. The molecule has 2 amide bonds. The zero-order chi connectivity index (χ0) is 17.9. The summed E-state index contributed by atoms with van der Waals surface area (Å²) < 4.78 is 1.71. The van der Waals surface area contributed by atoms with Crippen molar-refractivity contribution in [1.29, 1.82) is 0 Å². The molecule has 2 aromatic rings. The second-order valence-corrected chi connectivity index (χ2v) is 7.10. The number of rotatable bonds is 5. The number of hydrogen-bond donors (Lipinski definition) is 2. The van der Waals surface area contributed by atoms with E-state index in [9.17, 15) is 9.59 Å². The van der Waals surface area contributed by atoms with Gasteiger partial charge >= 0.3 is 0 Å². The molecule has 3 rings (SSSR count). The Hall–Kier alpha value is -2.35. The molecule has 1 saturated heterocycles. The van der Waals surface area contributed by atoms with Crippen molar-refractivity contribution in [2.24, 2.45) is 7.05 Å². The van der Waals surface area contributed by atoms with Gasteiger partial charge in [-0.25, -0.2) is 0 Å². The fourth-order valence-corrected chi connectivity index (χ4v) is 3.88. The quantitative estimate of drug-likeness (QED) is 0.840. The molecule has 0 radical (unpaired) electrons. The second-order valence-electron chi connectivity index (χ2n) is 6.32. The maximum Gasteiger partial charge on any atom is 0.245 e. The number of anilines is 1. The monoisotopic (exact) mass is 361 g/mol. The van der Waals surface area contributed by atoms with Crippen LogP contribution in [0.5, 0.6) is 0 Å². The number of nitrogens with zero attached hydrogens (tertiary/aromatic N) is 3. The van der Waals surface area contributed by atoms with Crippen LogP contribution in [0.4, 0.5) is 5.82 Å². The molecule has 2 aromatic heterocycles. The molecule has 8 heteroatoms. The maximum atomic E-state index is 12.6. The van der Waals surface area contributed by atoms with Crippen molar-refractivity contribution in [2.45, 2.75) is 24.8 Å². The Morgan fingerprint density at radius 1 is 1.32 bits per heavy atom. The Balaban J connectivity index is 1.68. The van der Waals surface area contributed by atoms with E-state index in [0.717, 1.165) is 11.4 Å². The Kier molecular flexibility index (Phi) is 5.08. The lowest BCUT2D eigenvalue weighted by molar-refractivity contribution is -0.135. The number of carbonyl (C=O) groups excluding carboxylic acids is 2. The van der Waals surface area contributed by atoms with Gasteiger partial charge < -0.3 is 15.5 Å². The SMILES string of the molecule is CNC(=O)C1(Nc2ccnn2C)CCN(C(=O)Cc2ccsc2)CC1. The van der Waals surface area contributed by atoms with Gasteiger partial charge in [0, 0.05) is 33.3 Å². The third-order valence-electron chi connectivity index (χ3n) is 4.76. The van der Waals surface area contributed by atoms with Gasteiger partial charge in [-0.05, 0) is 35.2 Å². The highest BCUT2D eigenvalue weighted by atomic mass is 32.1. The van der Waals surface area contributed by atoms with Crippen LogP contribution < -0.4 is 10.6 Å². The van der Waals surface area contributed by atoms with Crippen molar-refractivity contribution in [2.75, 3.05) is 25.5 Å². The van der Waals surface area contributed by atoms with E-state index in [4.69, 9.17) is 0 Å².